The Balaban J connectivity index is 1.48. The number of hydrogen-bond acceptors (Lipinski definition) is 4. The first-order chi connectivity index (χ1) is 14.7. The standard InChI is InChI=1S/C25H27FN2O3/c1-16-5-10-22(20(13-16)25(2,3)4)30-15-23(29)28-12-11-21-19(14-28)24(31-27-21)17-6-8-18(26)9-7-17/h5-10,13H,11-12,14-15H2,1-4H3. The van der Waals surface area contributed by atoms with Gasteiger partial charge in [-0.05, 0) is 48.2 Å². The molecule has 5 nitrogen and oxygen atoms in total. The minimum Gasteiger partial charge on any atom is -0.483 e. The van der Waals surface area contributed by atoms with Crippen molar-refractivity contribution in [2.75, 3.05) is 13.2 Å². The Morgan fingerprint density at radius 3 is 2.65 bits per heavy atom. The summed E-state index contributed by atoms with van der Waals surface area (Å²) in [6.07, 6.45) is 0.615. The van der Waals surface area contributed by atoms with Crippen molar-refractivity contribution in [2.24, 2.45) is 0 Å². The average Bonchev–Trinajstić information content (AvgIpc) is 3.15. The lowest BCUT2D eigenvalue weighted by atomic mass is 9.85. The normalized spacial score (nSPS) is 13.8. The number of rotatable bonds is 4. The molecule has 2 heterocycles. The average molecular weight is 423 g/mol. The van der Waals surface area contributed by atoms with Crippen LogP contribution in [0.1, 0.15) is 43.2 Å². The van der Waals surface area contributed by atoms with Crippen LogP contribution in [0.3, 0.4) is 0 Å². The predicted octanol–water partition coefficient (Wildman–Crippen LogP) is 5.05. The zero-order valence-corrected chi connectivity index (χ0v) is 18.4. The summed E-state index contributed by atoms with van der Waals surface area (Å²) in [6, 6.07) is 12.1. The monoisotopic (exact) mass is 422 g/mol. The van der Waals surface area contributed by atoms with E-state index in [1.807, 2.05) is 19.1 Å². The van der Waals surface area contributed by atoms with Gasteiger partial charge >= 0.3 is 0 Å². The van der Waals surface area contributed by atoms with Gasteiger partial charge in [0.05, 0.1) is 12.2 Å². The number of ether oxygens (including phenoxy) is 1. The number of halogens is 1. The topological polar surface area (TPSA) is 55.6 Å². The molecule has 0 unspecified atom stereocenters. The van der Waals surface area contributed by atoms with Gasteiger partial charge in [-0.25, -0.2) is 4.39 Å². The number of carbonyl (C=O) groups is 1. The number of aryl methyl sites for hydroxylation is 1. The van der Waals surface area contributed by atoms with Gasteiger partial charge in [0.2, 0.25) is 0 Å². The van der Waals surface area contributed by atoms with Crippen molar-refractivity contribution >= 4 is 5.91 Å². The smallest absolute Gasteiger partial charge is 0.260 e. The second kappa shape index (κ2) is 8.17. The van der Waals surface area contributed by atoms with Gasteiger partial charge in [-0.1, -0.05) is 43.6 Å². The first-order valence-electron chi connectivity index (χ1n) is 10.5. The van der Waals surface area contributed by atoms with Gasteiger partial charge < -0.3 is 14.2 Å². The van der Waals surface area contributed by atoms with Gasteiger partial charge in [0, 0.05) is 24.1 Å². The van der Waals surface area contributed by atoms with Crippen molar-refractivity contribution in [2.45, 2.75) is 46.1 Å². The molecule has 0 fully saturated rings. The quantitative estimate of drug-likeness (QED) is 0.590. The van der Waals surface area contributed by atoms with E-state index in [1.165, 1.54) is 12.1 Å². The highest BCUT2D eigenvalue weighted by atomic mass is 19.1. The first kappa shape index (κ1) is 21.1. The Morgan fingerprint density at radius 2 is 1.94 bits per heavy atom. The SMILES string of the molecule is Cc1ccc(OCC(=O)N2CCc3noc(-c4ccc(F)cc4)c3C2)c(C(C)(C)C)c1. The number of carbonyl (C=O) groups excluding carboxylic acids is 1. The number of benzene rings is 2. The van der Waals surface area contributed by atoms with Gasteiger partial charge in [0.25, 0.3) is 5.91 Å². The summed E-state index contributed by atoms with van der Waals surface area (Å²) in [7, 11) is 0. The zero-order valence-electron chi connectivity index (χ0n) is 18.4. The van der Waals surface area contributed by atoms with Crippen molar-refractivity contribution in [3.05, 3.63) is 70.7 Å². The molecule has 0 bridgehead atoms. The Bertz CT molecular complexity index is 1100. The lowest BCUT2D eigenvalue weighted by Crippen LogP contribution is -2.39. The van der Waals surface area contributed by atoms with Crippen LogP contribution in [0, 0.1) is 12.7 Å². The molecule has 0 aliphatic carbocycles. The molecule has 2 aromatic carbocycles. The lowest BCUT2D eigenvalue weighted by molar-refractivity contribution is -0.134. The van der Waals surface area contributed by atoms with E-state index in [-0.39, 0.29) is 23.7 Å². The van der Waals surface area contributed by atoms with Crippen molar-refractivity contribution in [1.82, 2.24) is 10.1 Å². The van der Waals surface area contributed by atoms with Crippen LogP contribution >= 0.6 is 0 Å². The van der Waals surface area contributed by atoms with E-state index in [9.17, 15) is 9.18 Å². The van der Waals surface area contributed by atoms with Gasteiger partial charge in [-0.2, -0.15) is 0 Å². The fraction of sp³-hybridized carbons (Fsp3) is 0.360. The molecule has 4 rings (SSSR count). The summed E-state index contributed by atoms with van der Waals surface area (Å²) >= 11 is 0. The zero-order chi connectivity index (χ0) is 22.2. The van der Waals surface area contributed by atoms with E-state index in [1.54, 1.807) is 17.0 Å². The Morgan fingerprint density at radius 1 is 1.19 bits per heavy atom. The fourth-order valence-corrected chi connectivity index (χ4v) is 3.84. The molecule has 1 amide bonds. The predicted molar refractivity (Wildman–Crippen MR) is 116 cm³/mol. The fourth-order valence-electron chi connectivity index (χ4n) is 3.84. The second-order valence-corrected chi connectivity index (χ2v) is 9.05. The van der Waals surface area contributed by atoms with Crippen LogP contribution in [0.4, 0.5) is 4.39 Å². The molecular weight excluding hydrogens is 395 g/mol. The number of amides is 1. The molecule has 1 aliphatic rings. The van der Waals surface area contributed by atoms with E-state index in [0.717, 1.165) is 33.7 Å². The van der Waals surface area contributed by atoms with Crippen molar-refractivity contribution in [3.8, 4) is 17.1 Å². The Hall–Kier alpha value is -3.15. The van der Waals surface area contributed by atoms with Gasteiger partial charge in [-0.3, -0.25) is 4.79 Å². The van der Waals surface area contributed by atoms with Crippen LogP contribution in [0.25, 0.3) is 11.3 Å². The summed E-state index contributed by atoms with van der Waals surface area (Å²) in [5.74, 6) is 0.928. The van der Waals surface area contributed by atoms with Crippen LogP contribution in [0.15, 0.2) is 47.0 Å². The molecule has 1 aromatic heterocycles. The molecule has 162 valence electrons. The minimum absolute atomic E-state index is 0.0291. The summed E-state index contributed by atoms with van der Waals surface area (Å²) in [4.78, 5) is 14.7. The van der Waals surface area contributed by atoms with Crippen LogP contribution in [0.5, 0.6) is 5.75 Å². The van der Waals surface area contributed by atoms with Crippen LogP contribution < -0.4 is 4.74 Å². The molecule has 0 radical (unpaired) electrons. The molecule has 0 atom stereocenters. The maximum Gasteiger partial charge on any atom is 0.260 e. The third-order valence-electron chi connectivity index (χ3n) is 5.59. The van der Waals surface area contributed by atoms with Crippen molar-refractivity contribution in [1.29, 1.82) is 0 Å². The van der Waals surface area contributed by atoms with E-state index < -0.39 is 0 Å². The lowest BCUT2D eigenvalue weighted by Gasteiger charge is -2.27. The molecule has 1 aliphatic heterocycles. The van der Waals surface area contributed by atoms with E-state index in [2.05, 4.69) is 32.0 Å². The first-order valence-corrected chi connectivity index (χ1v) is 10.5. The van der Waals surface area contributed by atoms with Gasteiger partial charge in [0.15, 0.2) is 12.4 Å². The summed E-state index contributed by atoms with van der Waals surface area (Å²) in [6.45, 7) is 9.37. The van der Waals surface area contributed by atoms with E-state index in [0.29, 0.717) is 25.3 Å². The van der Waals surface area contributed by atoms with Gasteiger partial charge in [-0.15, -0.1) is 0 Å². The second-order valence-electron chi connectivity index (χ2n) is 9.05. The molecule has 0 N–H and O–H groups in total. The van der Waals surface area contributed by atoms with E-state index in [4.69, 9.17) is 9.26 Å². The highest BCUT2D eigenvalue weighted by Crippen LogP contribution is 2.33. The summed E-state index contributed by atoms with van der Waals surface area (Å²) in [5.41, 5.74) is 4.62. The largest absolute Gasteiger partial charge is 0.483 e. The number of fused-ring (bicyclic) bond motifs is 1. The van der Waals surface area contributed by atoms with Crippen LogP contribution in [0.2, 0.25) is 0 Å². The highest BCUT2D eigenvalue weighted by Gasteiger charge is 2.28. The maximum absolute atomic E-state index is 13.3. The molecule has 0 saturated heterocycles. The molecule has 3 aromatic rings. The van der Waals surface area contributed by atoms with Crippen LogP contribution in [-0.2, 0) is 23.2 Å². The maximum atomic E-state index is 13.3. The van der Waals surface area contributed by atoms with E-state index >= 15 is 0 Å². The summed E-state index contributed by atoms with van der Waals surface area (Å²) < 4.78 is 24.8. The minimum atomic E-state index is -0.309. The summed E-state index contributed by atoms with van der Waals surface area (Å²) in [5, 5.41) is 4.15. The molecule has 31 heavy (non-hydrogen) atoms. The van der Waals surface area contributed by atoms with Crippen LogP contribution in [-0.4, -0.2) is 29.1 Å². The van der Waals surface area contributed by atoms with Gasteiger partial charge in [0.1, 0.15) is 11.6 Å². The third kappa shape index (κ3) is 4.48. The Labute approximate surface area is 181 Å². The number of hydrogen-bond donors (Lipinski definition) is 0. The number of aromatic nitrogens is 1. The molecular formula is C25H27FN2O3. The molecule has 6 heteroatoms. The molecule has 0 spiro atoms. The highest BCUT2D eigenvalue weighted by molar-refractivity contribution is 5.78. The van der Waals surface area contributed by atoms with Crippen molar-refractivity contribution < 1.29 is 18.4 Å². The Kier molecular flexibility index (Phi) is 5.56. The molecule has 0 saturated carbocycles. The number of nitrogens with zero attached hydrogens (tertiary/aromatic N) is 2. The van der Waals surface area contributed by atoms with Crippen molar-refractivity contribution in [3.63, 3.8) is 0 Å². The third-order valence-corrected chi connectivity index (χ3v) is 5.59.